The molecule has 1 N–H and O–H groups in total. The fraction of sp³-hybridized carbons (Fsp3) is 0.0667. The van der Waals surface area contributed by atoms with Crippen molar-refractivity contribution in [2.24, 2.45) is 0 Å². The fourth-order valence-electron chi connectivity index (χ4n) is 2.06. The van der Waals surface area contributed by atoms with Gasteiger partial charge in [-0.3, -0.25) is 0 Å². The summed E-state index contributed by atoms with van der Waals surface area (Å²) in [4.78, 5) is 17.6. The second-order valence-corrected chi connectivity index (χ2v) is 4.22. The highest BCUT2D eigenvalue weighted by Gasteiger charge is 2.02. The van der Waals surface area contributed by atoms with Crippen LogP contribution >= 0.6 is 0 Å². The van der Waals surface area contributed by atoms with Crippen LogP contribution in [0.5, 0.6) is 5.75 Å². The summed E-state index contributed by atoms with van der Waals surface area (Å²) in [5.74, 6) is 0.831. The van der Waals surface area contributed by atoms with E-state index >= 15 is 0 Å². The third-order valence-electron chi connectivity index (χ3n) is 3.03. The van der Waals surface area contributed by atoms with E-state index in [1.54, 1.807) is 13.2 Å². The Morgan fingerprint density at radius 2 is 1.84 bits per heavy atom. The number of fused-ring (bicyclic) bond motifs is 1. The maximum Gasteiger partial charge on any atom is 0.345 e. The summed E-state index contributed by atoms with van der Waals surface area (Å²) in [5, 5.41) is 2.19. The Balaban J connectivity index is 2.14. The number of hydrogen-bond acceptors (Lipinski definition) is 3. The van der Waals surface area contributed by atoms with Gasteiger partial charge in [-0.2, -0.15) is 0 Å². The van der Waals surface area contributed by atoms with Gasteiger partial charge in [0.25, 0.3) is 0 Å². The van der Waals surface area contributed by atoms with E-state index in [0.29, 0.717) is 0 Å². The van der Waals surface area contributed by atoms with E-state index in [-0.39, 0.29) is 5.69 Å². The molecular weight excluding hydrogens is 240 g/mol. The topological polar surface area (TPSA) is 55.0 Å². The molecular formula is C15H12N2O2. The van der Waals surface area contributed by atoms with Gasteiger partial charge in [-0.1, -0.05) is 18.2 Å². The second kappa shape index (κ2) is 4.57. The molecule has 0 saturated heterocycles. The molecule has 2 aromatic carbocycles. The number of nitrogens with zero attached hydrogens (tertiary/aromatic N) is 1. The van der Waals surface area contributed by atoms with E-state index in [1.807, 2.05) is 36.4 Å². The molecule has 1 heterocycles. The highest BCUT2D eigenvalue weighted by Crippen LogP contribution is 2.25. The molecule has 4 nitrogen and oxygen atoms in total. The average Bonchev–Trinajstić information content (AvgIpc) is 2.46. The average molecular weight is 252 g/mol. The van der Waals surface area contributed by atoms with Crippen LogP contribution in [-0.4, -0.2) is 17.1 Å². The van der Waals surface area contributed by atoms with Crippen LogP contribution in [0.4, 0.5) is 0 Å². The van der Waals surface area contributed by atoms with Gasteiger partial charge in [-0.05, 0) is 40.6 Å². The van der Waals surface area contributed by atoms with Crippen molar-refractivity contribution in [2.75, 3.05) is 7.11 Å². The third-order valence-corrected chi connectivity index (χ3v) is 3.03. The molecule has 0 aliphatic rings. The van der Waals surface area contributed by atoms with Crippen molar-refractivity contribution in [3.63, 3.8) is 0 Å². The summed E-state index contributed by atoms with van der Waals surface area (Å²) in [6.07, 6.45) is 1.51. The van der Waals surface area contributed by atoms with Crippen molar-refractivity contribution in [3.8, 4) is 17.0 Å². The number of aromatic nitrogens is 2. The Bertz CT molecular complexity index is 793. The quantitative estimate of drug-likeness (QED) is 0.762. The normalized spacial score (nSPS) is 10.6. The lowest BCUT2D eigenvalue weighted by atomic mass is 10.0. The molecule has 0 amide bonds. The van der Waals surface area contributed by atoms with E-state index in [0.717, 1.165) is 27.8 Å². The summed E-state index contributed by atoms with van der Waals surface area (Å²) < 4.78 is 5.20. The molecule has 19 heavy (non-hydrogen) atoms. The molecule has 94 valence electrons. The van der Waals surface area contributed by atoms with Crippen LogP contribution in [0.1, 0.15) is 0 Å². The van der Waals surface area contributed by atoms with Gasteiger partial charge in [0, 0.05) is 6.20 Å². The van der Waals surface area contributed by atoms with E-state index in [4.69, 9.17) is 4.74 Å². The number of rotatable bonds is 2. The highest BCUT2D eigenvalue weighted by atomic mass is 16.5. The Kier molecular flexibility index (Phi) is 2.76. The summed E-state index contributed by atoms with van der Waals surface area (Å²) in [6.45, 7) is 0. The summed E-state index contributed by atoms with van der Waals surface area (Å²) in [6, 6.07) is 13.7. The Morgan fingerprint density at radius 1 is 1.05 bits per heavy atom. The van der Waals surface area contributed by atoms with Gasteiger partial charge >= 0.3 is 5.69 Å². The zero-order valence-electron chi connectivity index (χ0n) is 10.4. The monoisotopic (exact) mass is 252 g/mol. The molecule has 0 unspecified atom stereocenters. The standard InChI is InChI=1S/C15H12N2O2/c1-19-13-5-4-10-8-12(3-2-11(10)9-13)14-6-7-16-15(18)17-14/h2-9H,1H3,(H,16,17,18). The molecule has 0 bridgehead atoms. The smallest absolute Gasteiger partial charge is 0.345 e. The molecule has 3 rings (SSSR count). The first kappa shape index (κ1) is 11.5. The summed E-state index contributed by atoms with van der Waals surface area (Å²) in [5.41, 5.74) is 1.38. The van der Waals surface area contributed by atoms with Gasteiger partial charge in [0.05, 0.1) is 12.8 Å². The largest absolute Gasteiger partial charge is 0.497 e. The second-order valence-electron chi connectivity index (χ2n) is 4.22. The fourth-order valence-corrected chi connectivity index (χ4v) is 2.06. The molecule has 1 aromatic heterocycles. The van der Waals surface area contributed by atoms with Crippen molar-refractivity contribution < 1.29 is 4.74 Å². The van der Waals surface area contributed by atoms with Crippen molar-refractivity contribution in [3.05, 3.63) is 59.1 Å². The molecule has 0 aliphatic heterocycles. The lowest BCUT2D eigenvalue weighted by molar-refractivity contribution is 0.415. The Hall–Kier alpha value is -2.62. The van der Waals surface area contributed by atoms with Crippen molar-refractivity contribution in [2.45, 2.75) is 0 Å². The van der Waals surface area contributed by atoms with Crippen molar-refractivity contribution >= 4 is 10.8 Å². The lowest BCUT2D eigenvalue weighted by Gasteiger charge is -2.05. The first-order valence-corrected chi connectivity index (χ1v) is 5.90. The number of ether oxygens (including phenoxy) is 1. The number of benzene rings is 2. The maximum absolute atomic E-state index is 11.2. The molecule has 0 fully saturated rings. The highest BCUT2D eigenvalue weighted by molar-refractivity contribution is 5.87. The van der Waals surface area contributed by atoms with Crippen LogP contribution in [0.15, 0.2) is 53.5 Å². The van der Waals surface area contributed by atoms with Crippen LogP contribution in [-0.2, 0) is 0 Å². The predicted octanol–water partition coefficient (Wildman–Crippen LogP) is 2.60. The van der Waals surface area contributed by atoms with Crippen molar-refractivity contribution in [1.82, 2.24) is 9.97 Å². The number of hydrogen-bond donors (Lipinski definition) is 1. The summed E-state index contributed by atoms with van der Waals surface area (Å²) in [7, 11) is 1.65. The van der Waals surface area contributed by atoms with Crippen LogP contribution in [0, 0.1) is 0 Å². The molecule has 4 heteroatoms. The van der Waals surface area contributed by atoms with Gasteiger partial charge in [-0.25, -0.2) is 9.78 Å². The van der Waals surface area contributed by atoms with Crippen LogP contribution in [0.2, 0.25) is 0 Å². The van der Waals surface area contributed by atoms with Crippen molar-refractivity contribution in [1.29, 1.82) is 0 Å². The van der Waals surface area contributed by atoms with E-state index < -0.39 is 0 Å². The van der Waals surface area contributed by atoms with Gasteiger partial charge in [-0.15, -0.1) is 0 Å². The van der Waals surface area contributed by atoms with E-state index in [9.17, 15) is 4.79 Å². The Labute approximate surface area is 109 Å². The zero-order valence-corrected chi connectivity index (χ0v) is 10.4. The Morgan fingerprint density at radius 3 is 2.63 bits per heavy atom. The number of methoxy groups -OCH3 is 1. The van der Waals surface area contributed by atoms with Gasteiger partial charge in [0.2, 0.25) is 0 Å². The minimum absolute atomic E-state index is 0.340. The first-order valence-electron chi connectivity index (χ1n) is 5.90. The summed E-state index contributed by atoms with van der Waals surface area (Å²) >= 11 is 0. The molecule has 0 spiro atoms. The lowest BCUT2D eigenvalue weighted by Crippen LogP contribution is -2.09. The number of aromatic amines is 1. The SMILES string of the molecule is COc1ccc2cc(-c3ccnc(=O)[nH]3)ccc2c1. The van der Waals surface area contributed by atoms with Gasteiger partial charge in [0.1, 0.15) is 5.75 Å². The molecule has 0 atom stereocenters. The minimum atomic E-state index is -0.340. The van der Waals surface area contributed by atoms with Gasteiger partial charge < -0.3 is 9.72 Å². The predicted molar refractivity (Wildman–Crippen MR) is 74.4 cm³/mol. The molecule has 0 aliphatic carbocycles. The van der Waals surface area contributed by atoms with Crippen LogP contribution in [0.3, 0.4) is 0 Å². The van der Waals surface area contributed by atoms with E-state index in [1.165, 1.54) is 6.20 Å². The maximum atomic E-state index is 11.2. The minimum Gasteiger partial charge on any atom is -0.497 e. The number of H-pyrrole nitrogens is 1. The molecule has 3 aromatic rings. The molecule has 0 radical (unpaired) electrons. The van der Waals surface area contributed by atoms with Crippen LogP contribution in [0.25, 0.3) is 22.0 Å². The molecule has 0 saturated carbocycles. The first-order chi connectivity index (χ1) is 9.26. The number of nitrogens with one attached hydrogen (secondary N) is 1. The van der Waals surface area contributed by atoms with Gasteiger partial charge in [0.15, 0.2) is 0 Å². The van der Waals surface area contributed by atoms with E-state index in [2.05, 4.69) is 9.97 Å². The van der Waals surface area contributed by atoms with Crippen LogP contribution < -0.4 is 10.4 Å². The zero-order chi connectivity index (χ0) is 13.2. The third kappa shape index (κ3) is 2.20.